The zero-order valence-corrected chi connectivity index (χ0v) is 18.1. The molecule has 0 saturated heterocycles. The van der Waals surface area contributed by atoms with E-state index >= 15 is 0 Å². The van der Waals surface area contributed by atoms with Crippen LogP contribution in [0.3, 0.4) is 0 Å². The second-order valence-electron chi connectivity index (χ2n) is 7.73. The van der Waals surface area contributed by atoms with Gasteiger partial charge in [-0.15, -0.1) is 0 Å². The van der Waals surface area contributed by atoms with E-state index in [1.165, 1.54) is 7.11 Å². The highest BCUT2D eigenvalue weighted by Crippen LogP contribution is 2.36. The summed E-state index contributed by atoms with van der Waals surface area (Å²) in [5.41, 5.74) is 3.38. The van der Waals surface area contributed by atoms with Crippen LogP contribution in [-0.2, 0) is 35.5 Å². The first-order valence-corrected chi connectivity index (χ1v) is 10.5. The van der Waals surface area contributed by atoms with Gasteiger partial charge in [-0.25, -0.2) is 9.78 Å². The molecule has 1 aliphatic heterocycles. The Bertz CT molecular complexity index is 1180. The summed E-state index contributed by atoms with van der Waals surface area (Å²) in [5.74, 6) is 0.493. The third-order valence-corrected chi connectivity index (χ3v) is 5.75. The van der Waals surface area contributed by atoms with Crippen LogP contribution in [-0.4, -0.2) is 51.0 Å². The molecular weight excluding hydrogens is 410 g/mol. The van der Waals surface area contributed by atoms with E-state index in [0.29, 0.717) is 13.0 Å². The lowest BCUT2D eigenvalue weighted by Gasteiger charge is -2.34. The highest BCUT2D eigenvalue weighted by molar-refractivity contribution is 5.95. The molecule has 0 saturated carbocycles. The fraction of sp³-hybridized carbons (Fsp3) is 0.409. The molecule has 0 bridgehead atoms. The number of aromatic nitrogens is 4. The van der Waals surface area contributed by atoms with Gasteiger partial charge in [-0.2, -0.15) is 10.4 Å². The standard InChI is InChI=1S/C22H25N7O3/c1-15-4-5-16-17(29(15)22(31)32-2)6-7-18-21(16)26-19(8-13-27-12-3-10-25-27)28(18)14-20(30)24-11-9-23/h3,6-7,10,12,15H,4-5,8,11,13-14H2,1-2H3,(H,24,30)/t15-/m0/s1. The number of ether oxygens (including phenoxy) is 1. The summed E-state index contributed by atoms with van der Waals surface area (Å²) in [6, 6.07) is 7.59. The van der Waals surface area contributed by atoms with E-state index in [1.54, 1.807) is 11.1 Å². The number of carbonyl (C=O) groups excluding carboxylic acids is 2. The van der Waals surface area contributed by atoms with Crippen molar-refractivity contribution in [1.29, 1.82) is 5.26 Å². The van der Waals surface area contributed by atoms with Crippen molar-refractivity contribution in [1.82, 2.24) is 24.6 Å². The number of aryl methyl sites for hydroxylation is 3. The van der Waals surface area contributed by atoms with E-state index in [-0.39, 0.29) is 25.0 Å². The SMILES string of the molecule is COC(=O)N1c2ccc3c(nc(CCn4cccn4)n3CC(=O)NCC#N)c2CC[C@@H]1C. The van der Waals surface area contributed by atoms with E-state index in [0.717, 1.165) is 41.0 Å². The first-order chi connectivity index (χ1) is 15.5. The highest BCUT2D eigenvalue weighted by atomic mass is 16.5. The Labute approximate surface area is 185 Å². The summed E-state index contributed by atoms with van der Waals surface area (Å²) in [4.78, 5) is 31.4. The van der Waals surface area contributed by atoms with Gasteiger partial charge >= 0.3 is 6.09 Å². The zero-order chi connectivity index (χ0) is 22.7. The molecular formula is C22H25N7O3. The van der Waals surface area contributed by atoms with E-state index in [9.17, 15) is 9.59 Å². The summed E-state index contributed by atoms with van der Waals surface area (Å²) in [6.07, 6.45) is 5.35. The van der Waals surface area contributed by atoms with Gasteiger partial charge in [0.2, 0.25) is 5.91 Å². The lowest BCUT2D eigenvalue weighted by atomic mass is 9.96. The van der Waals surface area contributed by atoms with E-state index in [2.05, 4.69) is 10.4 Å². The molecule has 1 atom stereocenters. The Morgan fingerprint density at radius 3 is 2.94 bits per heavy atom. The number of hydrogen-bond donors (Lipinski definition) is 1. The molecule has 0 unspecified atom stereocenters. The van der Waals surface area contributed by atoms with Crippen LogP contribution in [0.15, 0.2) is 30.6 Å². The number of nitrogens with one attached hydrogen (secondary N) is 1. The highest BCUT2D eigenvalue weighted by Gasteiger charge is 2.31. The number of methoxy groups -OCH3 is 1. The first-order valence-electron chi connectivity index (χ1n) is 10.5. The fourth-order valence-corrected chi connectivity index (χ4v) is 4.21. The Balaban J connectivity index is 1.76. The van der Waals surface area contributed by atoms with Gasteiger partial charge in [0.05, 0.1) is 29.9 Å². The minimum absolute atomic E-state index is 0.0190. The topological polar surface area (TPSA) is 118 Å². The van der Waals surface area contributed by atoms with Gasteiger partial charge in [0.15, 0.2) is 0 Å². The minimum Gasteiger partial charge on any atom is -0.452 e. The molecule has 2 amide bonds. The Hall–Kier alpha value is -3.87. The van der Waals surface area contributed by atoms with E-state index in [1.807, 2.05) is 46.6 Å². The maximum atomic E-state index is 12.4. The number of amides is 2. The Morgan fingerprint density at radius 1 is 1.38 bits per heavy atom. The number of hydrogen-bond acceptors (Lipinski definition) is 6. The van der Waals surface area contributed by atoms with Gasteiger partial charge in [0.25, 0.3) is 0 Å². The molecule has 10 heteroatoms. The number of benzene rings is 1. The summed E-state index contributed by atoms with van der Waals surface area (Å²) in [7, 11) is 1.38. The smallest absolute Gasteiger partial charge is 0.414 e. The van der Waals surface area contributed by atoms with Gasteiger partial charge in [-0.05, 0) is 38.0 Å². The van der Waals surface area contributed by atoms with E-state index < -0.39 is 6.09 Å². The lowest BCUT2D eigenvalue weighted by Crippen LogP contribution is -2.42. The molecule has 0 aliphatic carbocycles. The number of rotatable bonds is 6. The van der Waals surface area contributed by atoms with Gasteiger partial charge in [0, 0.05) is 37.0 Å². The van der Waals surface area contributed by atoms with Gasteiger partial charge in [-0.1, -0.05) is 0 Å². The van der Waals surface area contributed by atoms with Crippen molar-refractivity contribution >= 4 is 28.7 Å². The maximum Gasteiger partial charge on any atom is 0.414 e. The van der Waals surface area contributed by atoms with Crippen LogP contribution in [0.4, 0.5) is 10.5 Å². The molecule has 0 fully saturated rings. The normalized spacial score (nSPS) is 15.3. The first kappa shape index (κ1) is 21.4. The van der Waals surface area contributed by atoms with Crippen LogP contribution in [0.2, 0.25) is 0 Å². The number of carbonyl (C=O) groups is 2. The Kier molecular flexibility index (Phi) is 6.07. The van der Waals surface area contributed by atoms with Gasteiger partial charge in [0.1, 0.15) is 18.9 Å². The van der Waals surface area contributed by atoms with Crippen LogP contribution in [0.1, 0.15) is 24.7 Å². The second-order valence-corrected chi connectivity index (χ2v) is 7.73. The number of imidazole rings is 1. The molecule has 1 N–H and O–H groups in total. The summed E-state index contributed by atoms with van der Waals surface area (Å²) < 4.78 is 8.70. The molecule has 2 aromatic heterocycles. The summed E-state index contributed by atoms with van der Waals surface area (Å²) >= 11 is 0. The molecule has 1 aromatic carbocycles. The van der Waals surface area contributed by atoms with Crippen LogP contribution < -0.4 is 10.2 Å². The minimum atomic E-state index is -0.396. The van der Waals surface area contributed by atoms with Crippen molar-refractivity contribution in [2.75, 3.05) is 18.6 Å². The molecule has 3 aromatic rings. The second kappa shape index (κ2) is 9.09. The average molecular weight is 435 g/mol. The molecule has 4 rings (SSSR count). The van der Waals surface area contributed by atoms with Crippen molar-refractivity contribution in [2.24, 2.45) is 0 Å². The van der Waals surface area contributed by atoms with Crippen LogP contribution in [0.25, 0.3) is 11.0 Å². The van der Waals surface area contributed by atoms with Crippen LogP contribution in [0.5, 0.6) is 0 Å². The molecule has 0 radical (unpaired) electrons. The number of fused-ring (bicyclic) bond motifs is 3. The lowest BCUT2D eigenvalue weighted by molar-refractivity contribution is -0.121. The largest absolute Gasteiger partial charge is 0.452 e. The zero-order valence-electron chi connectivity index (χ0n) is 18.1. The molecule has 32 heavy (non-hydrogen) atoms. The maximum absolute atomic E-state index is 12.4. The van der Waals surface area contributed by atoms with Crippen molar-refractivity contribution in [3.05, 3.63) is 42.0 Å². The van der Waals surface area contributed by atoms with Crippen molar-refractivity contribution in [3.63, 3.8) is 0 Å². The molecule has 166 valence electrons. The molecule has 10 nitrogen and oxygen atoms in total. The van der Waals surface area contributed by atoms with Crippen molar-refractivity contribution < 1.29 is 14.3 Å². The predicted molar refractivity (Wildman–Crippen MR) is 117 cm³/mol. The third-order valence-electron chi connectivity index (χ3n) is 5.75. The van der Waals surface area contributed by atoms with Crippen LogP contribution >= 0.6 is 0 Å². The number of nitriles is 1. The summed E-state index contributed by atoms with van der Waals surface area (Å²) in [6.45, 7) is 2.62. The molecule has 3 heterocycles. The monoisotopic (exact) mass is 435 g/mol. The summed E-state index contributed by atoms with van der Waals surface area (Å²) in [5, 5.41) is 15.6. The number of anilines is 1. The number of nitrogens with zero attached hydrogens (tertiary/aromatic N) is 6. The van der Waals surface area contributed by atoms with Crippen LogP contribution in [0, 0.1) is 11.3 Å². The quantitative estimate of drug-likeness (QED) is 0.592. The average Bonchev–Trinajstić information content (AvgIpc) is 3.43. The van der Waals surface area contributed by atoms with Gasteiger partial charge < -0.3 is 14.6 Å². The Morgan fingerprint density at radius 2 is 2.22 bits per heavy atom. The molecule has 0 spiro atoms. The predicted octanol–water partition coefficient (Wildman–Crippen LogP) is 2.02. The van der Waals surface area contributed by atoms with Crippen molar-refractivity contribution in [2.45, 2.75) is 45.3 Å². The third kappa shape index (κ3) is 4.01. The molecule has 1 aliphatic rings. The van der Waals surface area contributed by atoms with Crippen molar-refractivity contribution in [3.8, 4) is 6.07 Å². The van der Waals surface area contributed by atoms with Gasteiger partial charge in [-0.3, -0.25) is 14.4 Å². The fourth-order valence-electron chi connectivity index (χ4n) is 4.21. The van der Waals surface area contributed by atoms with E-state index in [4.69, 9.17) is 15.0 Å².